The summed E-state index contributed by atoms with van der Waals surface area (Å²) in [6, 6.07) is 10.4. The van der Waals surface area contributed by atoms with Gasteiger partial charge < -0.3 is 5.73 Å². The lowest BCUT2D eigenvalue weighted by Crippen LogP contribution is -2.08. The molecule has 0 aliphatic heterocycles. The minimum atomic E-state index is 0.319. The summed E-state index contributed by atoms with van der Waals surface area (Å²) in [6.45, 7) is 6.74. The van der Waals surface area contributed by atoms with Gasteiger partial charge in [-0.3, -0.25) is 5.10 Å². The van der Waals surface area contributed by atoms with Crippen molar-refractivity contribution in [3.63, 3.8) is 0 Å². The Morgan fingerprint density at radius 1 is 1.18 bits per heavy atom. The number of hydrogen-bond acceptors (Lipinski definition) is 2. The fraction of sp³-hybridized carbons (Fsp3) is 0.357. The van der Waals surface area contributed by atoms with Crippen LogP contribution in [0.15, 0.2) is 30.3 Å². The first kappa shape index (κ1) is 11.7. The third-order valence-electron chi connectivity index (χ3n) is 2.60. The smallest absolute Gasteiger partial charge is 0.145 e. The Hall–Kier alpha value is -1.77. The van der Waals surface area contributed by atoms with Gasteiger partial charge in [-0.25, -0.2) is 0 Å². The lowest BCUT2D eigenvalue weighted by atomic mass is 9.88. The van der Waals surface area contributed by atoms with E-state index in [0.29, 0.717) is 11.2 Å². The van der Waals surface area contributed by atoms with E-state index >= 15 is 0 Å². The van der Waals surface area contributed by atoms with Gasteiger partial charge in [0, 0.05) is 6.07 Å². The van der Waals surface area contributed by atoms with Crippen LogP contribution in [-0.2, 0) is 6.42 Å². The number of anilines is 1. The lowest BCUT2D eigenvalue weighted by Gasteiger charge is -2.18. The zero-order chi connectivity index (χ0) is 12.5. The number of benzene rings is 1. The monoisotopic (exact) mass is 229 g/mol. The number of hydrogen-bond donors (Lipinski definition) is 2. The average Bonchev–Trinajstić information content (AvgIpc) is 2.63. The number of H-pyrrole nitrogens is 1. The van der Waals surface area contributed by atoms with Gasteiger partial charge in [0.2, 0.25) is 0 Å². The van der Waals surface area contributed by atoms with E-state index in [4.69, 9.17) is 5.73 Å². The van der Waals surface area contributed by atoms with E-state index in [1.54, 1.807) is 0 Å². The quantitative estimate of drug-likeness (QED) is 0.830. The van der Waals surface area contributed by atoms with Crippen LogP contribution in [0.25, 0.3) is 11.3 Å². The summed E-state index contributed by atoms with van der Waals surface area (Å²) in [7, 11) is 0. The van der Waals surface area contributed by atoms with Gasteiger partial charge in [-0.1, -0.05) is 45.0 Å². The molecule has 90 valence electrons. The van der Waals surface area contributed by atoms with Crippen molar-refractivity contribution in [2.75, 3.05) is 5.73 Å². The number of nitrogens with two attached hydrogens (primary N) is 1. The number of aromatic nitrogens is 2. The van der Waals surface area contributed by atoms with Crippen molar-refractivity contribution in [2.45, 2.75) is 27.2 Å². The number of nitrogens with zero attached hydrogens (tertiary/aromatic N) is 1. The number of aromatic amines is 1. The molecule has 0 bridgehead atoms. The zero-order valence-electron chi connectivity index (χ0n) is 10.6. The predicted molar refractivity (Wildman–Crippen MR) is 71.6 cm³/mol. The van der Waals surface area contributed by atoms with Crippen molar-refractivity contribution >= 4 is 5.82 Å². The highest BCUT2D eigenvalue weighted by molar-refractivity contribution is 5.62. The van der Waals surface area contributed by atoms with Gasteiger partial charge in [0.05, 0.1) is 5.69 Å². The molecule has 0 fully saturated rings. The van der Waals surface area contributed by atoms with Crippen molar-refractivity contribution in [1.82, 2.24) is 10.2 Å². The minimum absolute atomic E-state index is 0.319. The molecule has 0 spiro atoms. The Bertz CT molecular complexity index is 489. The number of nitrogens with one attached hydrogen (secondary N) is 1. The number of rotatable bonds is 2. The summed E-state index contributed by atoms with van der Waals surface area (Å²) < 4.78 is 0. The Morgan fingerprint density at radius 3 is 2.29 bits per heavy atom. The summed E-state index contributed by atoms with van der Waals surface area (Å²) >= 11 is 0. The van der Waals surface area contributed by atoms with Crippen LogP contribution >= 0.6 is 0 Å². The van der Waals surface area contributed by atoms with E-state index in [9.17, 15) is 0 Å². The second kappa shape index (κ2) is 4.24. The van der Waals surface area contributed by atoms with E-state index in [0.717, 1.165) is 17.7 Å². The van der Waals surface area contributed by atoms with Crippen molar-refractivity contribution in [3.8, 4) is 11.3 Å². The first-order chi connectivity index (χ1) is 7.94. The molecule has 0 saturated heterocycles. The molecule has 0 atom stereocenters. The maximum Gasteiger partial charge on any atom is 0.145 e. The zero-order valence-corrected chi connectivity index (χ0v) is 10.6. The van der Waals surface area contributed by atoms with E-state index in [1.807, 2.05) is 6.07 Å². The largest absolute Gasteiger partial charge is 0.382 e. The summed E-state index contributed by atoms with van der Waals surface area (Å²) in [5.74, 6) is 0.527. The van der Waals surface area contributed by atoms with Crippen LogP contribution in [0.1, 0.15) is 26.3 Å². The molecule has 17 heavy (non-hydrogen) atoms. The second-order valence-electron chi connectivity index (χ2n) is 5.64. The summed E-state index contributed by atoms with van der Waals surface area (Å²) in [5, 5.41) is 6.84. The maximum absolute atomic E-state index is 5.59. The molecule has 2 aromatic rings. The van der Waals surface area contributed by atoms with Crippen LogP contribution in [0.2, 0.25) is 0 Å². The molecule has 0 unspecified atom stereocenters. The van der Waals surface area contributed by atoms with Gasteiger partial charge in [-0.15, -0.1) is 0 Å². The normalized spacial score (nSPS) is 11.7. The van der Waals surface area contributed by atoms with Crippen LogP contribution < -0.4 is 5.73 Å². The molecular formula is C14H19N3. The number of nitrogen functional groups attached to an aromatic ring is 1. The van der Waals surface area contributed by atoms with Gasteiger partial charge >= 0.3 is 0 Å². The molecule has 3 heteroatoms. The molecule has 0 aliphatic carbocycles. The van der Waals surface area contributed by atoms with Gasteiger partial charge in [-0.2, -0.15) is 5.10 Å². The van der Waals surface area contributed by atoms with E-state index < -0.39 is 0 Å². The Kier molecular flexibility index (Phi) is 2.92. The molecule has 1 aromatic carbocycles. The molecule has 1 heterocycles. The molecule has 3 N–H and O–H groups in total. The van der Waals surface area contributed by atoms with Crippen LogP contribution in [0.4, 0.5) is 5.82 Å². The third-order valence-corrected chi connectivity index (χ3v) is 2.60. The minimum Gasteiger partial charge on any atom is -0.382 e. The van der Waals surface area contributed by atoms with Gasteiger partial charge in [0.1, 0.15) is 5.82 Å². The highest BCUT2D eigenvalue weighted by atomic mass is 15.2. The Labute approximate surface area is 102 Å². The first-order valence-electron chi connectivity index (χ1n) is 5.84. The first-order valence-corrected chi connectivity index (χ1v) is 5.84. The summed E-state index contributed by atoms with van der Waals surface area (Å²) in [4.78, 5) is 0. The summed E-state index contributed by atoms with van der Waals surface area (Å²) in [5.41, 5.74) is 9.34. The molecule has 0 saturated carbocycles. The Morgan fingerprint density at radius 2 is 1.82 bits per heavy atom. The second-order valence-corrected chi connectivity index (χ2v) is 5.64. The average molecular weight is 229 g/mol. The lowest BCUT2D eigenvalue weighted by molar-refractivity contribution is 0.411. The van der Waals surface area contributed by atoms with E-state index in [-0.39, 0.29) is 0 Å². The molecule has 3 nitrogen and oxygen atoms in total. The van der Waals surface area contributed by atoms with Crippen LogP contribution in [-0.4, -0.2) is 10.2 Å². The SMILES string of the molecule is CC(C)(C)Cc1ccc(-c2cc(N)n[nH]2)cc1. The third kappa shape index (κ3) is 3.09. The predicted octanol–water partition coefficient (Wildman–Crippen LogP) is 3.25. The van der Waals surface area contributed by atoms with E-state index in [2.05, 4.69) is 55.2 Å². The van der Waals surface area contributed by atoms with Crippen LogP contribution in [0, 0.1) is 5.41 Å². The van der Waals surface area contributed by atoms with Gasteiger partial charge in [0.25, 0.3) is 0 Å². The Balaban J connectivity index is 2.19. The van der Waals surface area contributed by atoms with Crippen molar-refractivity contribution in [1.29, 1.82) is 0 Å². The molecule has 2 rings (SSSR count). The highest BCUT2D eigenvalue weighted by Gasteiger charge is 2.11. The molecule has 0 amide bonds. The summed E-state index contributed by atoms with van der Waals surface area (Å²) in [6.07, 6.45) is 1.08. The van der Waals surface area contributed by atoms with Crippen LogP contribution in [0.3, 0.4) is 0 Å². The maximum atomic E-state index is 5.59. The fourth-order valence-electron chi connectivity index (χ4n) is 1.90. The van der Waals surface area contributed by atoms with Gasteiger partial charge in [0.15, 0.2) is 0 Å². The van der Waals surface area contributed by atoms with Crippen molar-refractivity contribution < 1.29 is 0 Å². The standard InChI is InChI=1S/C14H19N3/c1-14(2,3)9-10-4-6-11(7-5-10)12-8-13(15)17-16-12/h4-8H,9H2,1-3H3,(H3,15,16,17). The molecule has 0 aliphatic rings. The van der Waals surface area contributed by atoms with Crippen molar-refractivity contribution in [2.24, 2.45) is 5.41 Å². The molecule has 1 aromatic heterocycles. The van der Waals surface area contributed by atoms with E-state index in [1.165, 1.54) is 5.56 Å². The molecular weight excluding hydrogens is 210 g/mol. The molecule has 0 radical (unpaired) electrons. The van der Waals surface area contributed by atoms with Crippen molar-refractivity contribution in [3.05, 3.63) is 35.9 Å². The van der Waals surface area contributed by atoms with Crippen LogP contribution in [0.5, 0.6) is 0 Å². The van der Waals surface area contributed by atoms with Gasteiger partial charge in [-0.05, 0) is 23.0 Å². The topological polar surface area (TPSA) is 54.7 Å². The highest BCUT2D eigenvalue weighted by Crippen LogP contribution is 2.23. The fourth-order valence-corrected chi connectivity index (χ4v) is 1.90.